The second kappa shape index (κ2) is 8.63. The summed E-state index contributed by atoms with van der Waals surface area (Å²) < 4.78 is 5.57. The number of benzene rings is 2. The van der Waals surface area contributed by atoms with Gasteiger partial charge in [-0.2, -0.15) is 0 Å². The molecule has 3 N–H and O–H groups in total. The molecule has 34 heavy (non-hydrogen) atoms. The number of amides is 2. The number of hydrogen-bond donors (Lipinski definition) is 3. The fourth-order valence-corrected chi connectivity index (χ4v) is 5.75. The first kappa shape index (κ1) is 22.2. The Balaban J connectivity index is 1.19. The molecule has 2 aromatic rings. The van der Waals surface area contributed by atoms with E-state index in [0.717, 1.165) is 22.3 Å². The number of nitrogens with one attached hydrogen (secondary N) is 2. The van der Waals surface area contributed by atoms with Crippen molar-refractivity contribution in [2.24, 2.45) is 11.3 Å². The summed E-state index contributed by atoms with van der Waals surface area (Å²) in [4.78, 5) is 37.0. The highest BCUT2D eigenvalue weighted by Crippen LogP contribution is 2.63. The SMILES string of the molecule is C=CCC(NC(=O)OCC1c2ccccc2-c2ccccc21)C(=O)NC1CC2CC2(C(=O)O)C1. The van der Waals surface area contributed by atoms with Crippen LogP contribution < -0.4 is 10.6 Å². The average molecular weight is 461 g/mol. The van der Waals surface area contributed by atoms with E-state index in [-0.39, 0.29) is 36.8 Å². The van der Waals surface area contributed by atoms with Crippen molar-refractivity contribution in [1.82, 2.24) is 10.6 Å². The smallest absolute Gasteiger partial charge is 0.407 e. The lowest BCUT2D eigenvalue weighted by atomic mass is 9.98. The second-order valence-corrected chi connectivity index (χ2v) is 9.55. The molecular formula is C27H28N2O5. The van der Waals surface area contributed by atoms with Crippen LogP contribution in [0.1, 0.15) is 42.7 Å². The molecule has 3 aliphatic carbocycles. The number of fused-ring (bicyclic) bond motifs is 4. The maximum atomic E-state index is 12.8. The first-order valence-electron chi connectivity index (χ1n) is 11.7. The summed E-state index contributed by atoms with van der Waals surface area (Å²) >= 11 is 0. The average Bonchev–Trinajstić information content (AvgIpc) is 3.26. The highest BCUT2D eigenvalue weighted by molar-refractivity contribution is 5.86. The number of aliphatic carboxylic acids is 1. The van der Waals surface area contributed by atoms with Gasteiger partial charge in [-0.05, 0) is 53.9 Å². The van der Waals surface area contributed by atoms with Gasteiger partial charge in [0.2, 0.25) is 5.91 Å². The Morgan fingerprint density at radius 3 is 2.32 bits per heavy atom. The van der Waals surface area contributed by atoms with E-state index in [1.165, 1.54) is 0 Å². The highest BCUT2D eigenvalue weighted by atomic mass is 16.5. The summed E-state index contributed by atoms with van der Waals surface area (Å²) in [5.74, 6) is -1.07. The number of carbonyl (C=O) groups is 3. The van der Waals surface area contributed by atoms with Gasteiger partial charge in [-0.25, -0.2) is 4.79 Å². The summed E-state index contributed by atoms with van der Waals surface area (Å²) in [5.41, 5.74) is 3.84. The van der Waals surface area contributed by atoms with E-state index >= 15 is 0 Å². The second-order valence-electron chi connectivity index (χ2n) is 9.55. The van der Waals surface area contributed by atoms with Crippen molar-refractivity contribution in [3.05, 3.63) is 72.3 Å². The molecular weight excluding hydrogens is 432 g/mol. The van der Waals surface area contributed by atoms with Gasteiger partial charge in [0, 0.05) is 12.0 Å². The summed E-state index contributed by atoms with van der Waals surface area (Å²) in [5, 5.41) is 15.0. The Morgan fingerprint density at radius 2 is 1.74 bits per heavy atom. The lowest BCUT2D eigenvalue weighted by Gasteiger charge is -2.22. The van der Waals surface area contributed by atoms with Gasteiger partial charge in [-0.3, -0.25) is 9.59 Å². The summed E-state index contributed by atoms with van der Waals surface area (Å²) in [7, 11) is 0. The fraction of sp³-hybridized carbons (Fsp3) is 0.370. The van der Waals surface area contributed by atoms with Gasteiger partial charge in [0.15, 0.2) is 0 Å². The van der Waals surface area contributed by atoms with E-state index in [1.54, 1.807) is 6.08 Å². The first-order chi connectivity index (χ1) is 16.4. The zero-order chi connectivity index (χ0) is 23.9. The van der Waals surface area contributed by atoms with Crippen LogP contribution in [0.15, 0.2) is 61.2 Å². The minimum Gasteiger partial charge on any atom is -0.481 e. The molecule has 4 atom stereocenters. The van der Waals surface area contributed by atoms with E-state index in [0.29, 0.717) is 19.3 Å². The highest BCUT2D eigenvalue weighted by Gasteiger charge is 2.65. The van der Waals surface area contributed by atoms with Gasteiger partial charge in [-0.15, -0.1) is 6.58 Å². The summed E-state index contributed by atoms with van der Waals surface area (Å²) in [6.07, 6.45) is 2.92. The molecule has 3 aliphatic rings. The van der Waals surface area contributed by atoms with Gasteiger partial charge in [0.25, 0.3) is 0 Å². The standard InChI is InChI=1S/C27H28N2O5/c1-2-7-23(24(30)28-17-12-16-13-27(16,14-17)25(31)32)29-26(33)34-15-22-20-10-5-3-8-18(20)19-9-4-6-11-21(19)22/h2-6,8-11,16-17,22-23H,1,7,12-15H2,(H,28,30)(H,29,33)(H,31,32). The molecule has 0 saturated heterocycles. The minimum atomic E-state index is -0.828. The van der Waals surface area contributed by atoms with Crippen LogP contribution in [-0.2, 0) is 14.3 Å². The van der Waals surface area contributed by atoms with Crippen LogP contribution in [0.3, 0.4) is 0 Å². The number of carboxylic acid groups (broad SMARTS) is 1. The van der Waals surface area contributed by atoms with Crippen LogP contribution in [0.4, 0.5) is 4.79 Å². The molecule has 2 fully saturated rings. The topological polar surface area (TPSA) is 105 Å². The predicted molar refractivity (Wildman–Crippen MR) is 126 cm³/mol. The maximum absolute atomic E-state index is 12.8. The van der Waals surface area contributed by atoms with E-state index in [1.807, 2.05) is 36.4 Å². The zero-order valence-corrected chi connectivity index (χ0v) is 18.8. The molecule has 0 aromatic heterocycles. The Bertz CT molecular complexity index is 1120. The number of alkyl carbamates (subject to hydrolysis) is 1. The maximum Gasteiger partial charge on any atom is 0.407 e. The predicted octanol–water partition coefficient (Wildman–Crippen LogP) is 3.84. The number of carbonyl (C=O) groups excluding carboxylic acids is 2. The van der Waals surface area contributed by atoms with E-state index in [2.05, 4.69) is 29.3 Å². The molecule has 4 unspecified atom stereocenters. The quantitative estimate of drug-likeness (QED) is 0.519. The van der Waals surface area contributed by atoms with Crippen molar-refractivity contribution in [2.45, 2.75) is 43.7 Å². The van der Waals surface area contributed by atoms with E-state index < -0.39 is 23.5 Å². The normalized spacial score (nSPS) is 24.8. The number of ether oxygens (including phenoxy) is 1. The molecule has 7 heteroatoms. The Labute approximate surface area is 198 Å². The molecule has 0 spiro atoms. The number of hydrogen-bond acceptors (Lipinski definition) is 4. The van der Waals surface area contributed by atoms with Crippen LogP contribution in [0.5, 0.6) is 0 Å². The van der Waals surface area contributed by atoms with Crippen LogP contribution in [0.25, 0.3) is 11.1 Å². The van der Waals surface area contributed by atoms with Crippen LogP contribution in [-0.4, -0.2) is 41.8 Å². The van der Waals surface area contributed by atoms with Gasteiger partial charge >= 0.3 is 12.1 Å². The Hall–Kier alpha value is -3.61. The summed E-state index contributed by atoms with van der Waals surface area (Å²) in [6.45, 7) is 3.84. The zero-order valence-electron chi connectivity index (χ0n) is 18.8. The Kier molecular flexibility index (Phi) is 5.63. The van der Waals surface area contributed by atoms with Gasteiger partial charge < -0.3 is 20.5 Å². The largest absolute Gasteiger partial charge is 0.481 e. The van der Waals surface area contributed by atoms with Crippen molar-refractivity contribution in [3.63, 3.8) is 0 Å². The van der Waals surface area contributed by atoms with Gasteiger partial charge in [-0.1, -0.05) is 54.6 Å². The van der Waals surface area contributed by atoms with Crippen molar-refractivity contribution < 1.29 is 24.2 Å². The van der Waals surface area contributed by atoms with Crippen molar-refractivity contribution >= 4 is 18.0 Å². The molecule has 0 heterocycles. The van der Waals surface area contributed by atoms with Crippen molar-refractivity contribution in [1.29, 1.82) is 0 Å². The molecule has 0 radical (unpaired) electrons. The molecule has 7 nitrogen and oxygen atoms in total. The third kappa shape index (κ3) is 3.85. The molecule has 176 valence electrons. The van der Waals surface area contributed by atoms with Crippen LogP contribution in [0.2, 0.25) is 0 Å². The molecule has 0 bridgehead atoms. The molecule has 2 amide bonds. The third-order valence-electron chi connectivity index (χ3n) is 7.54. The monoisotopic (exact) mass is 460 g/mol. The van der Waals surface area contributed by atoms with Gasteiger partial charge in [0.05, 0.1) is 5.41 Å². The minimum absolute atomic E-state index is 0.0674. The van der Waals surface area contributed by atoms with E-state index in [4.69, 9.17) is 4.74 Å². The van der Waals surface area contributed by atoms with E-state index in [9.17, 15) is 19.5 Å². The van der Waals surface area contributed by atoms with Crippen LogP contribution in [0, 0.1) is 11.3 Å². The summed E-state index contributed by atoms with van der Waals surface area (Å²) in [6, 6.07) is 15.2. The lowest BCUT2D eigenvalue weighted by molar-refractivity contribution is -0.143. The Morgan fingerprint density at radius 1 is 1.09 bits per heavy atom. The fourth-order valence-electron chi connectivity index (χ4n) is 5.75. The molecule has 5 rings (SSSR count). The molecule has 2 aromatic carbocycles. The lowest BCUT2D eigenvalue weighted by Crippen LogP contribution is -2.49. The van der Waals surface area contributed by atoms with Gasteiger partial charge in [0.1, 0.15) is 12.6 Å². The number of carboxylic acids is 1. The first-order valence-corrected chi connectivity index (χ1v) is 11.7. The van der Waals surface area contributed by atoms with Crippen LogP contribution >= 0.6 is 0 Å². The molecule has 0 aliphatic heterocycles. The van der Waals surface area contributed by atoms with Crippen molar-refractivity contribution in [2.75, 3.05) is 6.61 Å². The van der Waals surface area contributed by atoms with Crippen molar-refractivity contribution in [3.8, 4) is 11.1 Å². The third-order valence-corrected chi connectivity index (χ3v) is 7.54. The molecule has 2 saturated carbocycles. The number of rotatable bonds is 8.